The summed E-state index contributed by atoms with van der Waals surface area (Å²) in [5, 5.41) is 2.99. The fraction of sp³-hybridized carbons (Fsp3) is 0.800. The lowest BCUT2D eigenvalue weighted by molar-refractivity contribution is -0.143. The molecule has 0 unspecified atom stereocenters. The van der Waals surface area contributed by atoms with Crippen molar-refractivity contribution in [3.8, 4) is 0 Å². The van der Waals surface area contributed by atoms with Crippen LogP contribution in [0.3, 0.4) is 0 Å². The third-order valence-corrected chi connectivity index (χ3v) is 1.66. The van der Waals surface area contributed by atoms with E-state index in [2.05, 4.69) is 5.32 Å². The van der Waals surface area contributed by atoms with Gasteiger partial charge in [-0.1, -0.05) is 13.8 Å². The van der Waals surface area contributed by atoms with Gasteiger partial charge in [-0.3, -0.25) is 9.59 Å². The van der Waals surface area contributed by atoms with Crippen LogP contribution in [0.5, 0.6) is 0 Å². The van der Waals surface area contributed by atoms with Gasteiger partial charge in [0, 0.05) is 25.9 Å². The van der Waals surface area contributed by atoms with E-state index in [0.717, 1.165) is 0 Å². The van der Waals surface area contributed by atoms with Crippen LogP contribution in [0.2, 0.25) is 0 Å². The highest BCUT2D eigenvalue weighted by molar-refractivity contribution is 5.69. The minimum atomic E-state index is -0.200. The first-order valence-corrected chi connectivity index (χ1v) is 5.22. The van der Waals surface area contributed by atoms with Crippen molar-refractivity contribution in [1.29, 1.82) is 0 Å². The minimum Gasteiger partial charge on any atom is -0.464 e. The van der Waals surface area contributed by atoms with Gasteiger partial charge < -0.3 is 14.8 Å². The van der Waals surface area contributed by atoms with Crippen LogP contribution in [0.4, 0.5) is 0 Å². The third-order valence-electron chi connectivity index (χ3n) is 1.66. The van der Waals surface area contributed by atoms with Crippen molar-refractivity contribution in [3.05, 3.63) is 0 Å². The zero-order chi connectivity index (χ0) is 11.5. The van der Waals surface area contributed by atoms with E-state index in [4.69, 9.17) is 9.47 Å². The lowest BCUT2D eigenvalue weighted by Gasteiger charge is -2.06. The topological polar surface area (TPSA) is 64.6 Å². The number of hydrogen-bond donors (Lipinski definition) is 1. The molecule has 0 spiro atoms. The van der Waals surface area contributed by atoms with Crippen LogP contribution in [0.25, 0.3) is 0 Å². The smallest absolute Gasteiger partial charge is 0.305 e. The Morgan fingerprint density at radius 2 is 1.33 bits per heavy atom. The van der Waals surface area contributed by atoms with E-state index in [-0.39, 0.29) is 11.9 Å². The molecule has 5 nitrogen and oxygen atoms in total. The summed E-state index contributed by atoms with van der Waals surface area (Å²) in [6.07, 6.45) is 0.794. The Labute approximate surface area is 90.1 Å². The molecule has 0 aliphatic heterocycles. The lowest BCUT2D eigenvalue weighted by Crippen LogP contribution is -2.25. The SMILES string of the molecule is CCC(=O)OCCNCCOC(=O)CC. The normalized spacial score (nSPS) is 9.73. The standard InChI is InChI=1S/C10H19NO4/c1-3-9(12)14-7-5-11-6-8-15-10(13)4-2/h11H,3-8H2,1-2H3. The highest BCUT2D eigenvalue weighted by atomic mass is 16.5. The van der Waals surface area contributed by atoms with Gasteiger partial charge in [0.15, 0.2) is 0 Å². The van der Waals surface area contributed by atoms with Gasteiger partial charge in [-0.05, 0) is 0 Å². The molecule has 1 N–H and O–H groups in total. The van der Waals surface area contributed by atoms with Crippen LogP contribution >= 0.6 is 0 Å². The minimum absolute atomic E-state index is 0.200. The second-order valence-corrected chi connectivity index (χ2v) is 2.90. The zero-order valence-electron chi connectivity index (χ0n) is 9.38. The fourth-order valence-corrected chi connectivity index (χ4v) is 0.803. The maximum Gasteiger partial charge on any atom is 0.305 e. The predicted molar refractivity (Wildman–Crippen MR) is 55.4 cm³/mol. The summed E-state index contributed by atoms with van der Waals surface area (Å²) in [6.45, 7) is 5.37. The molecule has 0 saturated carbocycles. The predicted octanol–water partition coefficient (Wildman–Crippen LogP) is 0.482. The Morgan fingerprint density at radius 3 is 1.67 bits per heavy atom. The zero-order valence-corrected chi connectivity index (χ0v) is 9.38. The molecular weight excluding hydrogens is 198 g/mol. The first-order valence-electron chi connectivity index (χ1n) is 5.22. The van der Waals surface area contributed by atoms with E-state index >= 15 is 0 Å². The van der Waals surface area contributed by atoms with Gasteiger partial charge in [-0.25, -0.2) is 0 Å². The van der Waals surface area contributed by atoms with Gasteiger partial charge in [0.25, 0.3) is 0 Å². The number of ether oxygens (including phenoxy) is 2. The second-order valence-electron chi connectivity index (χ2n) is 2.90. The highest BCUT2D eigenvalue weighted by Gasteiger charge is 1.98. The Morgan fingerprint density at radius 1 is 0.933 bits per heavy atom. The molecule has 0 aromatic rings. The molecule has 0 saturated heterocycles. The summed E-state index contributed by atoms with van der Waals surface area (Å²) in [6, 6.07) is 0. The first-order chi connectivity index (χ1) is 7.20. The molecule has 0 atom stereocenters. The van der Waals surface area contributed by atoms with E-state index in [9.17, 15) is 9.59 Å². The van der Waals surface area contributed by atoms with E-state index < -0.39 is 0 Å². The summed E-state index contributed by atoms with van der Waals surface area (Å²) in [7, 11) is 0. The molecule has 0 aliphatic rings. The summed E-state index contributed by atoms with van der Waals surface area (Å²) >= 11 is 0. The van der Waals surface area contributed by atoms with Gasteiger partial charge in [0.2, 0.25) is 0 Å². The summed E-state index contributed by atoms with van der Waals surface area (Å²) in [5.74, 6) is -0.400. The Balaban J connectivity index is 3.11. The van der Waals surface area contributed by atoms with Crippen LogP contribution < -0.4 is 5.32 Å². The highest BCUT2D eigenvalue weighted by Crippen LogP contribution is 1.84. The van der Waals surface area contributed by atoms with Crippen molar-refractivity contribution in [2.45, 2.75) is 26.7 Å². The lowest BCUT2D eigenvalue weighted by atomic mass is 10.5. The van der Waals surface area contributed by atoms with Crippen molar-refractivity contribution in [1.82, 2.24) is 5.32 Å². The Kier molecular flexibility index (Phi) is 8.76. The van der Waals surface area contributed by atoms with E-state index in [1.54, 1.807) is 13.8 Å². The van der Waals surface area contributed by atoms with Crippen molar-refractivity contribution in [3.63, 3.8) is 0 Å². The fourth-order valence-electron chi connectivity index (χ4n) is 0.803. The van der Waals surface area contributed by atoms with Crippen LogP contribution in [-0.2, 0) is 19.1 Å². The number of hydrogen-bond acceptors (Lipinski definition) is 5. The van der Waals surface area contributed by atoms with Crippen molar-refractivity contribution >= 4 is 11.9 Å². The van der Waals surface area contributed by atoms with Gasteiger partial charge in [-0.15, -0.1) is 0 Å². The monoisotopic (exact) mass is 217 g/mol. The quantitative estimate of drug-likeness (QED) is 0.473. The molecule has 0 aromatic carbocycles. The molecule has 5 heteroatoms. The summed E-state index contributed by atoms with van der Waals surface area (Å²) in [4.78, 5) is 21.4. The molecule has 0 aliphatic carbocycles. The van der Waals surface area contributed by atoms with Gasteiger partial charge in [0.05, 0.1) is 0 Å². The molecule has 0 heterocycles. The maximum atomic E-state index is 10.7. The Hall–Kier alpha value is -1.10. The van der Waals surface area contributed by atoms with Crippen LogP contribution in [0, 0.1) is 0 Å². The van der Waals surface area contributed by atoms with Gasteiger partial charge in [-0.2, -0.15) is 0 Å². The van der Waals surface area contributed by atoms with Crippen LogP contribution in [-0.4, -0.2) is 38.2 Å². The molecule has 0 radical (unpaired) electrons. The van der Waals surface area contributed by atoms with Crippen LogP contribution in [0.15, 0.2) is 0 Å². The molecular formula is C10H19NO4. The van der Waals surface area contributed by atoms with Crippen molar-refractivity contribution in [2.24, 2.45) is 0 Å². The molecule has 0 bridgehead atoms. The number of esters is 2. The largest absolute Gasteiger partial charge is 0.464 e. The average Bonchev–Trinajstić information content (AvgIpc) is 2.26. The third kappa shape index (κ3) is 9.21. The van der Waals surface area contributed by atoms with Crippen LogP contribution in [0.1, 0.15) is 26.7 Å². The van der Waals surface area contributed by atoms with Gasteiger partial charge in [0.1, 0.15) is 13.2 Å². The van der Waals surface area contributed by atoms with Gasteiger partial charge >= 0.3 is 11.9 Å². The summed E-state index contributed by atoms with van der Waals surface area (Å²) < 4.78 is 9.66. The Bertz CT molecular complexity index is 174. The first kappa shape index (κ1) is 13.9. The van der Waals surface area contributed by atoms with E-state index in [1.165, 1.54) is 0 Å². The molecule has 88 valence electrons. The molecule has 0 aromatic heterocycles. The second kappa shape index (κ2) is 9.45. The molecule has 15 heavy (non-hydrogen) atoms. The molecule has 0 fully saturated rings. The van der Waals surface area contributed by atoms with Crippen molar-refractivity contribution in [2.75, 3.05) is 26.3 Å². The van der Waals surface area contributed by atoms with E-state index in [0.29, 0.717) is 39.1 Å². The molecule has 0 amide bonds. The van der Waals surface area contributed by atoms with E-state index in [1.807, 2.05) is 0 Å². The number of nitrogens with one attached hydrogen (secondary N) is 1. The maximum absolute atomic E-state index is 10.7. The number of carbonyl (C=O) groups excluding carboxylic acids is 2. The number of rotatable bonds is 8. The number of carbonyl (C=O) groups is 2. The summed E-state index contributed by atoms with van der Waals surface area (Å²) in [5.41, 5.74) is 0. The molecule has 0 rings (SSSR count). The van der Waals surface area contributed by atoms with Crippen molar-refractivity contribution < 1.29 is 19.1 Å². The average molecular weight is 217 g/mol.